The van der Waals surface area contributed by atoms with Gasteiger partial charge in [-0.3, -0.25) is 19.2 Å². The second-order valence-corrected chi connectivity index (χ2v) is 13.7. The van der Waals surface area contributed by atoms with Crippen molar-refractivity contribution in [2.24, 2.45) is 34.5 Å². The molecule has 0 fully saturated rings. The molecule has 0 aromatic heterocycles. The molecule has 4 atom stereocenters. The molecule has 0 aliphatic carbocycles. The molecule has 0 saturated carbocycles. The summed E-state index contributed by atoms with van der Waals surface area (Å²) in [4.78, 5) is 42.9. The number of ether oxygens (including phenoxy) is 1. The van der Waals surface area contributed by atoms with Crippen LogP contribution in [0.15, 0.2) is 0 Å². The van der Waals surface area contributed by atoms with E-state index in [0.717, 1.165) is 31.6 Å². The molecule has 42 heavy (non-hydrogen) atoms. The van der Waals surface area contributed by atoms with Gasteiger partial charge in [-0.05, 0) is 55.8 Å². The average molecular weight is 601 g/mol. The van der Waals surface area contributed by atoms with Gasteiger partial charge >= 0.3 is 5.97 Å². The van der Waals surface area contributed by atoms with E-state index in [1.807, 2.05) is 41.5 Å². The number of carbonyl (C=O) groups excluding carboxylic acids is 4. The van der Waals surface area contributed by atoms with Gasteiger partial charge in [0.1, 0.15) is 11.9 Å². The lowest BCUT2D eigenvalue weighted by Gasteiger charge is -2.28. The van der Waals surface area contributed by atoms with Crippen molar-refractivity contribution >= 4 is 23.3 Å². The normalized spacial score (nSPS) is 13.5. The van der Waals surface area contributed by atoms with Gasteiger partial charge in [0.05, 0.1) is 0 Å². The van der Waals surface area contributed by atoms with E-state index in [0.29, 0.717) is 17.1 Å². The minimum Gasteiger partial charge on any atom is -0.463 e. The van der Waals surface area contributed by atoms with Crippen LogP contribution in [-0.2, 0) is 23.9 Å². The summed E-state index contributed by atoms with van der Waals surface area (Å²) in [5, 5.41) is 0. The van der Waals surface area contributed by atoms with E-state index in [-0.39, 0.29) is 40.9 Å². The Morgan fingerprint density at radius 2 is 1.14 bits per heavy atom. The third-order valence-corrected chi connectivity index (χ3v) is 7.48. The fourth-order valence-electron chi connectivity index (χ4n) is 4.08. The first-order valence-electron chi connectivity index (χ1n) is 16.8. The molecule has 0 radical (unpaired) electrons. The first kappa shape index (κ1) is 50.1. The lowest BCUT2D eigenvalue weighted by molar-refractivity contribution is -0.147. The van der Waals surface area contributed by atoms with Gasteiger partial charge in [0, 0.05) is 25.7 Å². The van der Waals surface area contributed by atoms with Crippen LogP contribution < -0.4 is 0 Å². The number of ketones is 3. The molecule has 0 saturated heterocycles. The number of hydrogen-bond donors (Lipinski definition) is 0. The molecular weight excluding hydrogens is 524 g/mol. The third kappa shape index (κ3) is 33.0. The summed E-state index contributed by atoms with van der Waals surface area (Å²) in [7, 11) is 0. The first-order chi connectivity index (χ1) is 19.0. The Morgan fingerprint density at radius 1 is 0.714 bits per heavy atom. The smallest absolute Gasteiger partial charge is 0.302 e. The van der Waals surface area contributed by atoms with E-state index in [2.05, 4.69) is 62.3 Å². The zero-order chi connectivity index (χ0) is 34.9. The summed E-state index contributed by atoms with van der Waals surface area (Å²) in [6.07, 6.45) is 7.95. The monoisotopic (exact) mass is 601 g/mol. The van der Waals surface area contributed by atoms with Crippen molar-refractivity contribution < 1.29 is 23.9 Å². The van der Waals surface area contributed by atoms with Crippen molar-refractivity contribution in [1.29, 1.82) is 0 Å². The van der Waals surface area contributed by atoms with Crippen LogP contribution in [0.4, 0.5) is 0 Å². The van der Waals surface area contributed by atoms with Crippen molar-refractivity contribution in [1.82, 2.24) is 0 Å². The fraction of sp³-hybridized carbons (Fsp3) is 0.892. The zero-order valence-electron chi connectivity index (χ0n) is 31.9. The maximum Gasteiger partial charge on any atom is 0.302 e. The summed E-state index contributed by atoms with van der Waals surface area (Å²) < 4.78 is 4.87. The SMILES string of the molecule is CC.CC(=O)OC(C)C(C)C.CCCC(C)C(=O)C(C)=O.CCC[C@H](C(C)=O)C(C)(C)C.CC[C@@H](C)CC(C)(C)CC. The van der Waals surface area contributed by atoms with Crippen molar-refractivity contribution in [2.45, 2.75) is 183 Å². The average Bonchev–Trinajstić information content (AvgIpc) is 2.87. The number of rotatable bonds is 13. The molecule has 0 spiro atoms. The molecule has 0 aliphatic rings. The van der Waals surface area contributed by atoms with Crippen LogP contribution >= 0.6 is 0 Å². The molecular formula is C37H76O5. The van der Waals surface area contributed by atoms with Crippen molar-refractivity contribution in [3.05, 3.63) is 0 Å². The maximum absolute atomic E-state index is 11.2. The lowest BCUT2D eigenvalue weighted by atomic mass is 9.76. The van der Waals surface area contributed by atoms with Gasteiger partial charge in [-0.2, -0.15) is 0 Å². The molecule has 0 heterocycles. The van der Waals surface area contributed by atoms with E-state index in [9.17, 15) is 19.2 Å². The van der Waals surface area contributed by atoms with E-state index in [1.54, 1.807) is 13.8 Å². The highest BCUT2D eigenvalue weighted by molar-refractivity contribution is 6.36. The van der Waals surface area contributed by atoms with Gasteiger partial charge in [-0.25, -0.2) is 0 Å². The molecule has 2 unspecified atom stereocenters. The molecule has 254 valence electrons. The molecule has 0 amide bonds. The molecule has 0 rings (SSSR count). The predicted octanol–water partition coefficient (Wildman–Crippen LogP) is 11.1. The van der Waals surface area contributed by atoms with E-state index in [4.69, 9.17) is 4.74 Å². The number of Topliss-reactive ketones (excluding diaryl/α,β-unsaturated/α-hetero) is 3. The Hall–Kier alpha value is -1.52. The molecule has 0 bridgehead atoms. The predicted molar refractivity (Wildman–Crippen MR) is 184 cm³/mol. The fourth-order valence-corrected chi connectivity index (χ4v) is 4.08. The summed E-state index contributed by atoms with van der Waals surface area (Å²) in [5.74, 6) is 1.05. The number of hydrogen-bond acceptors (Lipinski definition) is 5. The van der Waals surface area contributed by atoms with Crippen LogP contribution in [0.3, 0.4) is 0 Å². The zero-order valence-corrected chi connectivity index (χ0v) is 31.9. The van der Waals surface area contributed by atoms with Crippen molar-refractivity contribution in [2.75, 3.05) is 0 Å². The second kappa shape index (κ2) is 28.3. The highest BCUT2D eigenvalue weighted by Crippen LogP contribution is 2.30. The van der Waals surface area contributed by atoms with Gasteiger partial charge in [-0.1, -0.05) is 130 Å². The quantitative estimate of drug-likeness (QED) is 0.155. The summed E-state index contributed by atoms with van der Waals surface area (Å²) in [6, 6.07) is 0. The topological polar surface area (TPSA) is 77.5 Å². The molecule has 0 aliphatic heterocycles. The Labute approximate surface area is 264 Å². The Kier molecular flexibility index (Phi) is 33.7. The van der Waals surface area contributed by atoms with Crippen LogP contribution in [0.2, 0.25) is 0 Å². The van der Waals surface area contributed by atoms with Gasteiger partial charge in [-0.15, -0.1) is 0 Å². The Balaban J connectivity index is -0.000000142. The third-order valence-electron chi connectivity index (χ3n) is 7.48. The van der Waals surface area contributed by atoms with Gasteiger partial charge < -0.3 is 4.74 Å². The summed E-state index contributed by atoms with van der Waals surface area (Å²) >= 11 is 0. The van der Waals surface area contributed by atoms with Gasteiger partial charge in [0.15, 0.2) is 5.78 Å². The second-order valence-electron chi connectivity index (χ2n) is 13.7. The molecule has 5 heteroatoms. The number of carbonyl (C=O) groups is 4. The van der Waals surface area contributed by atoms with E-state index >= 15 is 0 Å². The van der Waals surface area contributed by atoms with E-state index in [1.165, 1.54) is 33.1 Å². The number of esters is 1. The van der Waals surface area contributed by atoms with Crippen LogP contribution in [-0.4, -0.2) is 29.4 Å². The maximum atomic E-state index is 11.2. The van der Waals surface area contributed by atoms with Crippen molar-refractivity contribution in [3.63, 3.8) is 0 Å². The molecule has 0 aromatic rings. The minimum absolute atomic E-state index is 0.0440. The Morgan fingerprint density at radius 3 is 1.33 bits per heavy atom. The van der Waals surface area contributed by atoms with Crippen LogP contribution in [0, 0.1) is 34.5 Å². The largest absolute Gasteiger partial charge is 0.463 e. The standard InChI is InChI=1S/C10H20O.C10H22.C8H14O2.C7H14O2.C2H6/c1-6-7-9(8(2)11)10(3,4)5;1-6-9(3)8-10(4,5)7-2;1-4-5-6(2)8(10)7(3)9;1-5(2)6(3)9-7(4)8;1-2/h9H,6-7H2,1-5H3;9H,6-8H2,1-5H3;6H,4-5H2,1-3H3;5-6H,1-4H3;1-2H3/t2*9-;;;/m11.../s1. The molecule has 5 nitrogen and oxygen atoms in total. The van der Waals surface area contributed by atoms with Gasteiger partial charge in [0.2, 0.25) is 5.78 Å². The van der Waals surface area contributed by atoms with Gasteiger partial charge in [0.25, 0.3) is 0 Å². The summed E-state index contributed by atoms with van der Waals surface area (Å²) in [5.41, 5.74) is 0.706. The highest BCUT2D eigenvalue weighted by Gasteiger charge is 2.27. The molecule has 0 N–H and O–H groups in total. The highest BCUT2D eigenvalue weighted by atomic mass is 16.5. The van der Waals surface area contributed by atoms with Crippen molar-refractivity contribution in [3.8, 4) is 0 Å². The lowest BCUT2D eigenvalue weighted by Crippen LogP contribution is -2.26. The van der Waals surface area contributed by atoms with E-state index < -0.39 is 0 Å². The molecule has 0 aromatic carbocycles. The summed E-state index contributed by atoms with van der Waals surface area (Å²) in [6.45, 7) is 38.3. The minimum atomic E-state index is -0.319. The van der Waals surface area contributed by atoms with Crippen LogP contribution in [0.25, 0.3) is 0 Å². The van der Waals surface area contributed by atoms with Crippen LogP contribution in [0.5, 0.6) is 0 Å². The first-order valence-corrected chi connectivity index (χ1v) is 16.8. The van der Waals surface area contributed by atoms with Crippen LogP contribution in [0.1, 0.15) is 176 Å². The Bertz CT molecular complexity index is 685.